The molecule has 2 aromatic carbocycles. The van der Waals surface area contributed by atoms with E-state index in [-0.39, 0.29) is 11.9 Å². The number of carbonyl (C=O) groups is 1. The molecule has 1 atom stereocenters. The molecule has 21 heavy (non-hydrogen) atoms. The van der Waals surface area contributed by atoms with Gasteiger partial charge in [-0.2, -0.15) is 0 Å². The Morgan fingerprint density at radius 1 is 1.24 bits per heavy atom. The minimum absolute atomic E-state index is 0.0331. The highest BCUT2D eigenvalue weighted by Gasteiger charge is 2.31. The van der Waals surface area contributed by atoms with Crippen molar-refractivity contribution in [1.29, 1.82) is 0 Å². The van der Waals surface area contributed by atoms with E-state index >= 15 is 0 Å². The maximum absolute atomic E-state index is 12.9. The number of aryl methyl sites for hydroxylation is 1. The number of nitrogens with zero attached hydrogens (tertiary/aromatic N) is 1. The predicted molar refractivity (Wildman–Crippen MR) is 84.1 cm³/mol. The molecule has 3 heteroatoms. The van der Waals surface area contributed by atoms with E-state index in [1.54, 1.807) is 7.11 Å². The van der Waals surface area contributed by atoms with E-state index in [0.717, 1.165) is 23.4 Å². The summed E-state index contributed by atoms with van der Waals surface area (Å²) in [6.07, 6.45) is 0.908. The number of hydrogen-bond donors (Lipinski definition) is 0. The molecule has 0 saturated carbocycles. The van der Waals surface area contributed by atoms with Gasteiger partial charge in [0.25, 0.3) is 5.91 Å². The molecule has 0 saturated heterocycles. The number of rotatable bonds is 2. The Bertz CT molecular complexity index is 693. The van der Waals surface area contributed by atoms with Crippen molar-refractivity contribution in [2.75, 3.05) is 12.0 Å². The van der Waals surface area contributed by atoms with E-state index < -0.39 is 0 Å². The van der Waals surface area contributed by atoms with E-state index in [4.69, 9.17) is 4.74 Å². The minimum atomic E-state index is 0.0331. The fraction of sp³-hybridized carbons (Fsp3) is 0.278. The van der Waals surface area contributed by atoms with Crippen LogP contribution in [-0.4, -0.2) is 19.1 Å². The summed E-state index contributed by atoms with van der Waals surface area (Å²) in [6, 6.07) is 13.9. The first-order valence-electron chi connectivity index (χ1n) is 7.18. The molecule has 1 amide bonds. The number of anilines is 1. The van der Waals surface area contributed by atoms with Gasteiger partial charge in [0.15, 0.2) is 0 Å². The fourth-order valence-corrected chi connectivity index (χ4v) is 2.97. The lowest BCUT2D eigenvalue weighted by molar-refractivity contribution is 0.0981. The van der Waals surface area contributed by atoms with Crippen molar-refractivity contribution < 1.29 is 9.53 Å². The van der Waals surface area contributed by atoms with Crippen molar-refractivity contribution in [1.82, 2.24) is 0 Å². The zero-order valence-corrected chi connectivity index (χ0v) is 12.6. The number of carbonyl (C=O) groups excluding carboxylic acids is 1. The lowest BCUT2D eigenvalue weighted by Gasteiger charge is -2.23. The molecule has 0 N–H and O–H groups in total. The molecule has 0 aromatic heterocycles. The Hall–Kier alpha value is -2.29. The first kappa shape index (κ1) is 13.7. The summed E-state index contributed by atoms with van der Waals surface area (Å²) in [6.45, 7) is 4.06. The zero-order valence-electron chi connectivity index (χ0n) is 12.6. The van der Waals surface area contributed by atoms with Crippen LogP contribution in [-0.2, 0) is 6.42 Å². The second kappa shape index (κ2) is 5.24. The average molecular weight is 281 g/mol. The van der Waals surface area contributed by atoms with Crippen LogP contribution in [0.25, 0.3) is 0 Å². The third kappa shape index (κ3) is 2.29. The molecule has 0 aliphatic carbocycles. The van der Waals surface area contributed by atoms with Crippen LogP contribution in [0.2, 0.25) is 0 Å². The van der Waals surface area contributed by atoms with Gasteiger partial charge in [-0.1, -0.05) is 24.3 Å². The Kier molecular flexibility index (Phi) is 3.42. The van der Waals surface area contributed by atoms with Gasteiger partial charge in [0.05, 0.1) is 7.11 Å². The number of ether oxygens (including phenoxy) is 1. The highest BCUT2D eigenvalue weighted by molar-refractivity contribution is 6.08. The van der Waals surface area contributed by atoms with Crippen LogP contribution in [0.3, 0.4) is 0 Å². The van der Waals surface area contributed by atoms with Gasteiger partial charge >= 0.3 is 0 Å². The van der Waals surface area contributed by atoms with Gasteiger partial charge in [0, 0.05) is 17.3 Å². The largest absolute Gasteiger partial charge is 0.496 e. The summed E-state index contributed by atoms with van der Waals surface area (Å²) in [4.78, 5) is 14.8. The topological polar surface area (TPSA) is 29.5 Å². The van der Waals surface area contributed by atoms with Gasteiger partial charge in [-0.15, -0.1) is 0 Å². The first-order valence-corrected chi connectivity index (χ1v) is 7.18. The van der Waals surface area contributed by atoms with Gasteiger partial charge in [-0.05, 0) is 49.6 Å². The molecule has 0 bridgehead atoms. The van der Waals surface area contributed by atoms with Crippen LogP contribution < -0.4 is 9.64 Å². The predicted octanol–water partition coefficient (Wildman–Crippen LogP) is 3.60. The zero-order chi connectivity index (χ0) is 15.0. The molecule has 0 radical (unpaired) electrons. The lowest BCUT2D eigenvalue weighted by Crippen LogP contribution is -2.35. The number of amides is 1. The molecule has 0 unspecified atom stereocenters. The van der Waals surface area contributed by atoms with Crippen molar-refractivity contribution in [3.63, 3.8) is 0 Å². The van der Waals surface area contributed by atoms with Crippen LogP contribution in [0.1, 0.15) is 28.4 Å². The van der Waals surface area contributed by atoms with Crippen molar-refractivity contribution in [2.45, 2.75) is 26.3 Å². The Balaban J connectivity index is 1.99. The van der Waals surface area contributed by atoms with Crippen molar-refractivity contribution >= 4 is 11.6 Å². The molecule has 108 valence electrons. The molecule has 3 rings (SSSR count). The van der Waals surface area contributed by atoms with Gasteiger partial charge < -0.3 is 9.64 Å². The minimum Gasteiger partial charge on any atom is -0.496 e. The summed E-state index contributed by atoms with van der Waals surface area (Å²) >= 11 is 0. The molecule has 0 spiro atoms. The number of methoxy groups -OCH3 is 1. The highest BCUT2D eigenvalue weighted by Crippen LogP contribution is 2.33. The average Bonchev–Trinajstić information content (AvgIpc) is 2.82. The maximum atomic E-state index is 12.9. The maximum Gasteiger partial charge on any atom is 0.258 e. The summed E-state index contributed by atoms with van der Waals surface area (Å²) in [7, 11) is 1.63. The smallest absolute Gasteiger partial charge is 0.258 e. The second-order valence-electron chi connectivity index (χ2n) is 5.54. The van der Waals surface area contributed by atoms with Crippen LogP contribution in [0.15, 0.2) is 42.5 Å². The van der Waals surface area contributed by atoms with Crippen molar-refractivity contribution in [3.8, 4) is 5.75 Å². The molecule has 1 aliphatic rings. The van der Waals surface area contributed by atoms with E-state index in [1.807, 2.05) is 48.2 Å². The summed E-state index contributed by atoms with van der Waals surface area (Å²) in [5.74, 6) is 0.784. The molecule has 2 aromatic rings. The standard InChI is InChI=1S/C18H19NO2/c1-12-8-9-15(11-17(12)21-3)18(20)19-13(2)10-14-6-4-5-7-16(14)19/h4-9,11,13H,10H2,1-3H3/t13-/m0/s1. The van der Waals surface area contributed by atoms with Gasteiger partial charge in [0.1, 0.15) is 5.75 Å². The van der Waals surface area contributed by atoms with E-state index in [2.05, 4.69) is 13.0 Å². The van der Waals surface area contributed by atoms with Gasteiger partial charge in [-0.3, -0.25) is 4.79 Å². The lowest BCUT2D eigenvalue weighted by atomic mass is 10.1. The number of fused-ring (bicyclic) bond motifs is 1. The highest BCUT2D eigenvalue weighted by atomic mass is 16.5. The third-order valence-corrected chi connectivity index (χ3v) is 4.08. The first-order chi connectivity index (χ1) is 10.1. The quantitative estimate of drug-likeness (QED) is 0.842. The summed E-state index contributed by atoms with van der Waals surface area (Å²) in [5.41, 5.74) is 3.96. The van der Waals surface area contributed by atoms with Crippen LogP contribution >= 0.6 is 0 Å². The second-order valence-corrected chi connectivity index (χ2v) is 5.54. The SMILES string of the molecule is COc1cc(C(=O)N2c3ccccc3C[C@@H]2C)ccc1C. The molecule has 1 heterocycles. The Morgan fingerprint density at radius 3 is 2.76 bits per heavy atom. The van der Waals surface area contributed by atoms with E-state index in [9.17, 15) is 4.79 Å². The van der Waals surface area contributed by atoms with E-state index in [0.29, 0.717) is 5.56 Å². The Labute approximate surface area is 125 Å². The monoisotopic (exact) mass is 281 g/mol. The molecular weight excluding hydrogens is 262 g/mol. The van der Waals surface area contributed by atoms with Crippen LogP contribution in [0.5, 0.6) is 5.75 Å². The van der Waals surface area contributed by atoms with Crippen molar-refractivity contribution in [3.05, 3.63) is 59.2 Å². The summed E-state index contributed by atoms with van der Waals surface area (Å²) in [5, 5.41) is 0. The van der Waals surface area contributed by atoms with Crippen molar-refractivity contribution in [2.24, 2.45) is 0 Å². The number of benzene rings is 2. The van der Waals surface area contributed by atoms with Crippen LogP contribution in [0.4, 0.5) is 5.69 Å². The fourth-order valence-electron chi connectivity index (χ4n) is 2.97. The molecular formula is C18H19NO2. The number of para-hydroxylation sites is 1. The molecule has 0 fully saturated rings. The normalized spacial score (nSPS) is 16.7. The van der Waals surface area contributed by atoms with E-state index in [1.165, 1.54) is 5.56 Å². The van der Waals surface area contributed by atoms with Gasteiger partial charge in [0.2, 0.25) is 0 Å². The van der Waals surface area contributed by atoms with Crippen LogP contribution in [0, 0.1) is 6.92 Å². The third-order valence-electron chi connectivity index (χ3n) is 4.08. The molecule has 1 aliphatic heterocycles. The van der Waals surface area contributed by atoms with Gasteiger partial charge in [-0.25, -0.2) is 0 Å². The molecule has 3 nitrogen and oxygen atoms in total. The summed E-state index contributed by atoms with van der Waals surface area (Å²) < 4.78 is 5.32. The number of hydrogen-bond acceptors (Lipinski definition) is 2. The Morgan fingerprint density at radius 2 is 2.00 bits per heavy atom.